The summed E-state index contributed by atoms with van der Waals surface area (Å²) >= 11 is 7.32. The fourth-order valence-electron chi connectivity index (χ4n) is 2.70. The van der Waals surface area contributed by atoms with Crippen LogP contribution in [0.2, 0.25) is 4.34 Å². The van der Waals surface area contributed by atoms with Gasteiger partial charge in [-0.3, -0.25) is 15.6 Å². The van der Waals surface area contributed by atoms with Crippen LogP contribution in [-0.4, -0.2) is 10.5 Å². The van der Waals surface area contributed by atoms with Crippen LogP contribution in [-0.2, 0) is 0 Å². The quantitative estimate of drug-likeness (QED) is 0.638. The molecule has 0 aliphatic heterocycles. The first-order valence-electron chi connectivity index (χ1n) is 7.72. The van der Waals surface area contributed by atoms with E-state index in [1.807, 2.05) is 56.3 Å². The highest BCUT2D eigenvalue weighted by Crippen LogP contribution is 2.25. The second-order valence-corrected chi connectivity index (χ2v) is 7.33. The van der Waals surface area contributed by atoms with Crippen LogP contribution in [0, 0.1) is 13.8 Å². The molecule has 0 fully saturated rings. The molecule has 0 atom stereocenters. The highest BCUT2D eigenvalue weighted by molar-refractivity contribution is 7.17. The number of nitrogens with one attached hydrogen (secondary N) is 2. The maximum atomic E-state index is 12.6. The summed E-state index contributed by atoms with van der Waals surface area (Å²) in [5.74, 6) is -0.209. The highest BCUT2D eigenvalue weighted by atomic mass is 35.5. The number of aryl methyl sites for hydroxylation is 1. The van der Waals surface area contributed by atoms with E-state index in [1.54, 1.807) is 6.07 Å². The fourth-order valence-corrected chi connectivity index (χ4v) is 3.67. The predicted molar refractivity (Wildman–Crippen MR) is 104 cm³/mol. The van der Waals surface area contributed by atoms with Crippen molar-refractivity contribution in [2.75, 3.05) is 0 Å². The Kier molecular flexibility index (Phi) is 4.97. The second kappa shape index (κ2) is 7.17. The van der Waals surface area contributed by atoms with E-state index in [-0.39, 0.29) is 5.91 Å². The highest BCUT2D eigenvalue weighted by Gasteiger charge is 2.16. The van der Waals surface area contributed by atoms with Gasteiger partial charge in [0.15, 0.2) is 0 Å². The Balaban J connectivity index is 1.76. The van der Waals surface area contributed by atoms with E-state index >= 15 is 0 Å². The van der Waals surface area contributed by atoms with Crippen molar-refractivity contribution in [3.63, 3.8) is 0 Å². The minimum Gasteiger partial charge on any atom is -0.318 e. The molecule has 2 heterocycles. The molecule has 0 unspecified atom stereocenters. The minimum atomic E-state index is -0.209. The Morgan fingerprint density at radius 1 is 1.12 bits per heavy atom. The largest absolute Gasteiger partial charge is 0.318 e. The summed E-state index contributed by atoms with van der Waals surface area (Å²) in [6, 6.07) is 15.5. The van der Waals surface area contributed by atoms with Crippen molar-refractivity contribution in [1.82, 2.24) is 15.4 Å². The molecule has 3 aromatic rings. The lowest BCUT2D eigenvalue weighted by atomic mass is 10.2. The van der Waals surface area contributed by atoms with Gasteiger partial charge in [0.25, 0.3) is 5.91 Å². The zero-order valence-electron chi connectivity index (χ0n) is 14.0. The van der Waals surface area contributed by atoms with Crippen LogP contribution in [0.5, 0.6) is 0 Å². The minimum absolute atomic E-state index is 0.209. The molecule has 0 radical (unpaired) electrons. The third-order valence-corrected chi connectivity index (χ3v) is 5.18. The van der Waals surface area contributed by atoms with Crippen molar-refractivity contribution >= 4 is 34.5 Å². The van der Waals surface area contributed by atoms with Crippen molar-refractivity contribution < 1.29 is 4.79 Å². The number of rotatable bonds is 5. The summed E-state index contributed by atoms with van der Waals surface area (Å²) in [5.41, 5.74) is 9.68. The normalized spacial score (nSPS) is 10.5. The first kappa shape index (κ1) is 17.3. The standard InChI is InChI=1S/C19H18ClN3OS/c1-12-11-16(14(3)23(12)15-7-5-4-6-8-15)19(24)22-21-13(2)17-9-10-18(20)25-17/h4-11,21H,2H2,1,3H3,(H,22,24). The van der Waals surface area contributed by atoms with Gasteiger partial charge in [0.05, 0.1) is 20.5 Å². The lowest BCUT2D eigenvalue weighted by Gasteiger charge is -2.11. The molecular formula is C19H18ClN3OS. The first-order valence-corrected chi connectivity index (χ1v) is 8.92. The molecule has 1 amide bonds. The molecule has 25 heavy (non-hydrogen) atoms. The molecule has 0 aliphatic rings. The number of hydrogen-bond donors (Lipinski definition) is 2. The third kappa shape index (κ3) is 3.62. The number of para-hydroxylation sites is 1. The zero-order chi connectivity index (χ0) is 18.0. The van der Waals surface area contributed by atoms with Gasteiger partial charge in [-0.05, 0) is 44.2 Å². The number of carbonyl (C=O) groups is 1. The van der Waals surface area contributed by atoms with Crippen LogP contribution in [0.15, 0.2) is 55.1 Å². The number of hydrazine groups is 1. The molecule has 6 heteroatoms. The number of amides is 1. The van der Waals surface area contributed by atoms with E-state index in [4.69, 9.17) is 11.6 Å². The van der Waals surface area contributed by atoms with Gasteiger partial charge < -0.3 is 4.57 Å². The Hall–Kier alpha value is -2.50. The lowest BCUT2D eigenvalue weighted by molar-refractivity contribution is 0.0942. The van der Waals surface area contributed by atoms with E-state index in [1.165, 1.54) is 11.3 Å². The topological polar surface area (TPSA) is 46.1 Å². The number of carbonyl (C=O) groups excluding carboxylic acids is 1. The van der Waals surface area contributed by atoms with Crippen LogP contribution < -0.4 is 10.9 Å². The monoisotopic (exact) mass is 371 g/mol. The van der Waals surface area contributed by atoms with E-state index in [0.717, 1.165) is 22.0 Å². The number of halogens is 1. The van der Waals surface area contributed by atoms with Crippen molar-refractivity contribution in [3.8, 4) is 5.69 Å². The van der Waals surface area contributed by atoms with Crippen molar-refractivity contribution in [1.29, 1.82) is 0 Å². The number of aromatic nitrogens is 1. The third-order valence-electron chi connectivity index (χ3n) is 3.89. The molecule has 0 saturated carbocycles. The number of thiophene rings is 1. The van der Waals surface area contributed by atoms with Gasteiger partial charge in [0, 0.05) is 17.1 Å². The summed E-state index contributed by atoms with van der Waals surface area (Å²) < 4.78 is 2.73. The van der Waals surface area contributed by atoms with Gasteiger partial charge in [-0.25, -0.2) is 0 Å². The van der Waals surface area contributed by atoms with Crippen molar-refractivity contribution in [2.45, 2.75) is 13.8 Å². The Bertz CT molecular complexity index is 928. The van der Waals surface area contributed by atoms with E-state index < -0.39 is 0 Å². The summed E-state index contributed by atoms with van der Waals surface area (Å²) in [7, 11) is 0. The number of benzene rings is 1. The second-order valence-electron chi connectivity index (χ2n) is 5.62. The van der Waals surface area contributed by atoms with Crippen LogP contribution in [0.4, 0.5) is 0 Å². The molecule has 0 aliphatic carbocycles. The predicted octanol–water partition coefficient (Wildman–Crippen LogP) is 4.71. The molecule has 2 aromatic heterocycles. The molecule has 128 valence electrons. The summed E-state index contributed by atoms with van der Waals surface area (Å²) in [5, 5.41) is 0. The molecule has 0 saturated heterocycles. The lowest BCUT2D eigenvalue weighted by Crippen LogP contribution is -2.35. The molecular weight excluding hydrogens is 354 g/mol. The molecule has 0 spiro atoms. The van der Waals surface area contributed by atoms with Gasteiger partial charge >= 0.3 is 0 Å². The first-order chi connectivity index (χ1) is 12.0. The van der Waals surface area contributed by atoms with Gasteiger partial charge in [-0.1, -0.05) is 36.4 Å². The Morgan fingerprint density at radius 3 is 2.48 bits per heavy atom. The zero-order valence-corrected chi connectivity index (χ0v) is 15.5. The summed E-state index contributed by atoms with van der Waals surface area (Å²) in [6.07, 6.45) is 0. The Labute approximate surface area is 155 Å². The van der Waals surface area contributed by atoms with E-state index in [2.05, 4.69) is 22.0 Å². The van der Waals surface area contributed by atoms with Crippen LogP contribution in [0.1, 0.15) is 26.6 Å². The fraction of sp³-hybridized carbons (Fsp3) is 0.105. The molecule has 2 N–H and O–H groups in total. The van der Waals surface area contributed by atoms with Crippen molar-refractivity contribution in [3.05, 3.63) is 81.3 Å². The molecule has 0 bridgehead atoms. The molecule has 1 aromatic carbocycles. The average Bonchev–Trinajstić information content (AvgIpc) is 3.16. The average molecular weight is 372 g/mol. The smallest absolute Gasteiger partial charge is 0.271 e. The summed E-state index contributed by atoms with van der Waals surface area (Å²) in [6.45, 7) is 7.83. The molecule has 3 rings (SSSR count). The molecule has 4 nitrogen and oxygen atoms in total. The van der Waals surface area contributed by atoms with Gasteiger partial charge in [0.2, 0.25) is 0 Å². The van der Waals surface area contributed by atoms with Gasteiger partial charge in [-0.2, -0.15) is 0 Å². The van der Waals surface area contributed by atoms with Crippen LogP contribution in [0.25, 0.3) is 11.4 Å². The number of nitrogens with zero attached hydrogens (tertiary/aromatic N) is 1. The van der Waals surface area contributed by atoms with Gasteiger partial charge in [-0.15, -0.1) is 11.3 Å². The van der Waals surface area contributed by atoms with Crippen LogP contribution in [0.3, 0.4) is 0 Å². The SMILES string of the molecule is C=C(NNC(=O)c1cc(C)n(-c2ccccc2)c1C)c1ccc(Cl)s1. The van der Waals surface area contributed by atoms with Crippen molar-refractivity contribution in [2.24, 2.45) is 0 Å². The van der Waals surface area contributed by atoms with Crippen LogP contribution >= 0.6 is 22.9 Å². The van der Waals surface area contributed by atoms with E-state index in [0.29, 0.717) is 15.6 Å². The maximum Gasteiger partial charge on any atom is 0.271 e. The van der Waals surface area contributed by atoms with Gasteiger partial charge in [0.1, 0.15) is 0 Å². The Morgan fingerprint density at radius 2 is 1.84 bits per heavy atom. The number of hydrogen-bond acceptors (Lipinski definition) is 3. The maximum absolute atomic E-state index is 12.6. The van der Waals surface area contributed by atoms with E-state index in [9.17, 15) is 4.79 Å². The summed E-state index contributed by atoms with van der Waals surface area (Å²) in [4.78, 5) is 13.4.